The Labute approximate surface area is 158 Å². The SMILES string of the molecule is O=c1c(-c2ccccc2)coc2c(CN3CCCCC3)c(O)ccc12.[Cl-]. The number of piperidine rings is 1. The van der Waals surface area contributed by atoms with E-state index in [1.165, 1.54) is 25.5 Å². The summed E-state index contributed by atoms with van der Waals surface area (Å²) >= 11 is 0. The van der Waals surface area contributed by atoms with Crippen molar-refractivity contribution in [3.63, 3.8) is 0 Å². The molecule has 1 saturated heterocycles. The van der Waals surface area contributed by atoms with Gasteiger partial charge in [0.25, 0.3) is 0 Å². The van der Waals surface area contributed by atoms with Gasteiger partial charge in [-0.3, -0.25) is 9.69 Å². The molecule has 0 atom stereocenters. The minimum absolute atomic E-state index is 0. The Bertz CT molecular complexity index is 947. The number of hydrogen-bond acceptors (Lipinski definition) is 4. The molecule has 3 aromatic rings. The van der Waals surface area contributed by atoms with Crippen LogP contribution in [0.25, 0.3) is 22.1 Å². The molecule has 1 aromatic heterocycles. The van der Waals surface area contributed by atoms with E-state index >= 15 is 0 Å². The van der Waals surface area contributed by atoms with Gasteiger partial charge in [-0.1, -0.05) is 36.8 Å². The molecule has 2 heterocycles. The number of nitrogens with zero attached hydrogens (tertiary/aromatic N) is 1. The zero-order valence-corrected chi connectivity index (χ0v) is 15.2. The molecule has 0 saturated carbocycles. The summed E-state index contributed by atoms with van der Waals surface area (Å²) < 4.78 is 5.84. The Morgan fingerprint density at radius 1 is 1.00 bits per heavy atom. The lowest BCUT2D eigenvalue weighted by Crippen LogP contribution is -3.00. The summed E-state index contributed by atoms with van der Waals surface area (Å²) in [5.41, 5.74) is 2.52. The Morgan fingerprint density at radius 3 is 2.46 bits per heavy atom. The van der Waals surface area contributed by atoms with Gasteiger partial charge in [-0.05, 0) is 43.6 Å². The Kier molecular flexibility index (Phi) is 5.64. The number of fused-ring (bicyclic) bond motifs is 1. The first-order valence-electron chi connectivity index (χ1n) is 8.78. The van der Waals surface area contributed by atoms with Crippen molar-refractivity contribution >= 4 is 11.0 Å². The summed E-state index contributed by atoms with van der Waals surface area (Å²) in [6.45, 7) is 2.64. The molecule has 1 N–H and O–H groups in total. The second kappa shape index (κ2) is 7.94. The average Bonchev–Trinajstić information content (AvgIpc) is 2.66. The highest BCUT2D eigenvalue weighted by molar-refractivity contribution is 5.85. The molecule has 0 aliphatic carbocycles. The minimum atomic E-state index is -0.0626. The lowest BCUT2D eigenvalue weighted by atomic mass is 10.0. The Balaban J connectivity index is 0.00000196. The van der Waals surface area contributed by atoms with Crippen LogP contribution in [0, 0.1) is 0 Å². The van der Waals surface area contributed by atoms with Crippen molar-refractivity contribution in [1.29, 1.82) is 0 Å². The summed E-state index contributed by atoms with van der Waals surface area (Å²) in [5, 5.41) is 10.8. The van der Waals surface area contributed by atoms with E-state index in [0.29, 0.717) is 28.6 Å². The van der Waals surface area contributed by atoms with Gasteiger partial charge in [0.2, 0.25) is 5.43 Å². The molecular formula is C21H21ClNO3-. The Hall–Kier alpha value is -2.30. The molecule has 1 aliphatic rings. The van der Waals surface area contributed by atoms with Crippen LogP contribution >= 0.6 is 0 Å². The summed E-state index contributed by atoms with van der Waals surface area (Å²) in [7, 11) is 0. The molecule has 136 valence electrons. The van der Waals surface area contributed by atoms with E-state index < -0.39 is 0 Å². The van der Waals surface area contributed by atoms with Crippen LogP contribution in [0.1, 0.15) is 24.8 Å². The lowest BCUT2D eigenvalue weighted by molar-refractivity contribution is -0.00000641. The standard InChI is InChI=1S/C21H21NO3.ClH/c23-19-10-9-16-20(24)18(15-7-3-1-4-8-15)14-25-21(16)17(19)13-22-11-5-2-6-12-22;/h1,3-4,7-10,14,23H,2,5-6,11-13H2;1H/p-1. The Morgan fingerprint density at radius 2 is 1.73 bits per heavy atom. The van der Waals surface area contributed by atoms with Crippen molar-refractivity contribution in [2.45, 2.75) is 25.8 Å². The smallest absolute Gasteiger partial charge is 0.200 e. The summed E-state index contributed by atoms with van der Waals surface area (Å²) in [5.74, 6) is 0.189. The first-order chi connectivity index (χ1) is 12.2. The third kappa shape index (κ3) is 3.48. The second-order valence-corrected chi connectivity index (χ2v) is 6.62. The molecule has 0 spiro atoms. The fourth-order valence-corrected chi connectivity index (χ4v) is 3.56. The van der Waals surface area contributed by atoms with Gasteiger partial charge >= 0.3 is 0 Å². The maximum atomic E-state index is 12.9. The molecular weight excluding hydrogens is 350 g/mol. The molecule has 4 rings (SSSR count). The van der Waals surface area contributed by atoms with Crippen molar-refractivity contribution in [2.75, 3.05) is 13.1 Å². The number of phenolic OH excluding ortho intramolecular Hbond substituents is 1. The molecule has 0 amide bonds. The largest absolute Gasteiger partial charge is 1.00 e. The van der Waals surface area contributed by atoms with Crippen LogP contribution in [-0.4, -0.2) is 23.1 Å². The molecule has 5 heteroatoms. The van der Waals surface area contributed by atoms with Crippen molar-refractivity contribution in [3.05, 3.63) is 64.5 Å². The first kappa shape index (κ1) is 18.5. The van der Waals surface area contributed by atoms with Crippen LogP contribution in [0.5, 0.6) is 5.75 Å². The van der Waals surface area contributed by atoms with E-state index in [9.17, 15) is 9.90 Å². The van der Waals surface area contributed by atoms with E-state index in [0.717, 1.165) is 18.7 Å². The highest BCUT2D eigenvalue weighted by Crippen LogP contribution is 2.29. The fourth-order valence-electron chi connectivity index (χ4n) is 3.56. The predicted molar refractivity (Wildman–Crippen MR) is 98.7 cm³/mol. The molecule has 0 radical (unpaired) electrons. The maximum absolute atomic E-state index is 12.9. The zero-order chi connectivity index (χ0) is 17.2. The highest BCUT2D eigenvalue weighted by Gasteiger charge is 2.18. The van der Waals surface area contributed by atoms with Crippen LogP contribution in [0.2, 0.25) is 0 Å². The number of benzene rings is 2. The number of hydrogen-bond donors (Lipinski definition) is 1. The number of rotatable bonds is 3. The van der Waals surface area contributed by atoms with Gasteiger partial charge in [-0.15, -0.1) is 0 Å². The minimum Gasteiger partial charge on any atom is -1.00 e. The molecule has 0 bridgehead atoms. The van der Waals surface area contributed by atoms with Crippen molar-refractivity contribution in [1.82, 2.24) is 4.90 Å². The first-order valence-corrected chi connectivity index (χ1v) is 8.78. The van der Waals surface area contributed by atoms with Crippen LogP contribution < -0.4 is 17.8 Å². The summed E-state index contributed by atoms with van der Waals surface area (Å²) in [4.78, 5) is 15.2. The van der Waals surface area contributed by atoms with Gasteiger partial charge in [-0.25, -0.2) is 0 Å². The number of likely N-dealkylation sites (tertiary alicyclic amines) is 1. The quantitative estimate of drug-likeness (QED) is 0.751. The van der Waals surface area contributed by atoms with Crippen molar-refractivity contribution < 1.29 is 21.9 Å². The van der Waals surface area contributed by atoms with Gasteiger partial charge in [0.15, 0.2) is 0 Å². The molecule has 0 unspecified atom stereocenters. The van der Waals surface area contributed by atoms with Crippen LogP contribution in [-0.2, 0) is 6.54 Å². The maximum Gasteiger partial charge on any atom is 0.200 e. The van der Waals surface area contributed by atoms with E-state index in [4.69, 9.17) is 4.42 Å². The van der Waals surface area contributed by atoms with Crippen LogP contribution in [0.4, 0.5) is 0 Å². The van der Waals surface area contributed by atoms with E-state index in [2.05, 4.69) is 4.90 Å². The van der Waals surface area contributed by atoms with E-state index in [-0.39, 0.29) is 23.6 Å². The molecule has 26 heavy (non-hydrogen) atoms. The number of aromatic hydroxyl groups is 1. The van der Waals surface area contributed by atoms with Crippen molar-refractivity contribution in [3.8, 4) is 16.9 Å². The average molecular weight is 371 g/mol. The van der Waals surface area contributed by atoms with Crippen LogP contribution in [0.15, 0.2) is 57.9 Å². The zero-order valence-electron chi connectivity index (χ0n) is 14.5. The third-order valence-electron chi connectivity index (χ3n) is 4.93. The van der Waals surface area contributed by atoms with Gasteiger partial charge in [0.05, 0.1) is 16.5 Å². The second-order valence-electron chi connectivity index (χ2n) is 6.62. The monoisotopic (exact) mass is 370 g/mol. The highest BCUT2D eigenvalue weighted by atomic mass is 35.5. The molecule has 4 nitrogen and oxygen atoms in total. The molecule has 1 aliphatic heterocycles. The van der Waals surface area contributed by atoms with E-state index in [1.807, 2.05) is 30.3 Å². The van der Waals surface area contributed by atoms with Gasteiger partial charge in [0, 0.05) is 6.54 Å². The fraction of sp³-hybridized carbons (Fsp3) is 0.286. The third-order valence-corrected chi connectivity index (χ3v) is 4.93. The van der Waals surface area contributed by atoms with Gasteiger partial charge in [0.1, 0.15) is 17.6 Å². The number of phenols is 1. The summed E-state index contributed by atoms with van der Waals surface area (Å²) in [6, 6.07) is 12.8. The molecule has 1 fully saturated rings. The van der Waals surface area contributed by atoms with Gasteiger partial charge < -0.3 is 21.9 Å². The van der Waals surface area contributed by atoms with E-state index in [1.54, 1.807) is 12.1 Å². The number of halogens is 1. The predicted octanol–water partition coefficient (Wildman–Crippen LogP) is 1.16. The van der Waals surface area contributed by atoms with Crippen LogP contribution in [0.3, 0.4) is 0 Å². The normalized spacial score (nSPS) is 14.9. The lowest BCUT2D eigenvalue weighted by Gasteiger charge is -2.26. The van der Waals surface area contributed by atoms with Gasteiger partial charge in [-0.2, -0.15) is 0 Å². The topological polar surface area (TPSA) is 53.7 Å². The molecule has 2 aromatic carbocycles. The summed E-state index contributed by atoms with van der Waals surface area (Å²) in [6.07, 6.45) is 5.12. The van der Waals surface area contributed by atoms with Crippen molar-refractivity contribution in [2.24, 2.45) is 0 Å².